The molecule has 0 N–H and O–H groups in total. The third-order valence-corrected chi connectivity index (χ3v) is 4.42. The van der Waals surface area contributed by atoms with Crippen LogP contribution in [0.5, 0.6) is 0 Å². The number of nitrogens with zero attached hydrogens (tertiary/aromatic N) is 3. The maximum absolute atomic E-state index is 5.88. The molecule has 1 aliphatic rings. The highest BCUT2D eigenvalue weighted by Crippen LogP contribution is 2.24. The van der Waals surface area contributed by atoms with E-state index in [0.717, 1.165) is 46.3 Å². The van der Waals surface area contributed by atoms with E-state index in [9.17, 15) is 0 Å². The molecule has 1 aromatic heterocycles. The quantitative estimate of drug-likeness (QED) is 0.802. The fourth-order valence-corrected chi connectivity index (χ4v) is 3.08. The van der Waals surface area contributed by atoms with Gasteiger partial charge in [-0.3, -0.25) is 4.99 Å². The van der Waals surface area contributed by atoms with Crippen LogP contribution in [-0.4, -0.2) is 35.2 Å². The zero-order chi connectivity index (χ0) is 14.7. The highest BCUT2D eigenvalue weighted by molar-refractivity contribution is 8.14. The number of furan rings is 1. The van der Waals surface area contributed by atoms with E-state index >= 15 is 0 Å². The van der Waals surface area contributed by atoms with Gasteiger partial charge in [-0.05, 0) is 18.6 Å². The van der Waals surface area contributed by atoms with Crippen LogP contribution < -0.4 is 0 Å². The van der Waals surface area contributed by atoms with Gasteiger partial charge in [-0.1, -0.05) is 43.3 Å². The summed E-state index contributed by atoms with van der Waals surface area (Å²) in [4.78, 5) is 4.59. The lowest BCUT2D eigenvalue weighted by Gasteiger charge is -2.21. The van der Waals surface area contributed by atoms with Crippen molar-refractivity contribution in [1.29, 1.82) is 0 Å². The fourth-order valence-electron chi connectivity index (χ4n) is 2.20. The predicted molar refractivity (Wildman–Crippen MR) is 90.2 cm³/mol. The van der Waals surface area contributed by atoms with Gasteiger partial charge >= 0.3 is 0 Å². The van der Waals surface area contributed by atoms with Crippen LogP contribution in [0.1, 0.15) is 25.5 Å². The SMILES string of the molecule is CCCCN=C1SCC(c2cc3ccccc3o2)=NN1C. The first kappa shape index (κ1) is 14.2. The number of benzene rings is 1. The van der Waals surface area contributed by atoms with Gasteiger partial charge in [0.25, 0.3) is 0 Å². The normalized spacial score (nSPS) is 17.5. The van der Waals surface area contributed by atoms with Crippen molar-refractivity contribution in [3.63, 3.8) is 0 Å². The summed E-state index contributed by atoms with van der Waals surface area (Å²) in [7, 11) is 1.94. The molecular weight excluding hydrogens is 282 g/mol. The smallest absolute Gasteiger partial charge is 0.179 e. The van der Waals surface area contributed by atoms with E-state index in [4.69, 9.17) is 4.42 Å². The van der Waals surface area contributed by atoms with Crippen LogP contribution in [-0.2, 0) is 0 Å². The molecule has 0 fully saturated rings. The summed E-state index contributed by atoms with van der Waals surface area (Å²) in [6, 6.07) is 10.1. The number of thioether (sulfide) groups is 1. The largest absolute Gasteiger partial charge is 0.455 e. The van der Waals surface area contributed by atoms with Crippen molar-refractivity contribution in [2.75, 3.05) is 19.3 Å². The zero-order valence-electron chi connectivity index (χ0n) is 12.4. The van der Waals surface area contributed by atoms with E-state index in [1.54, 1.807) is 11.8 Å². The Labute approximate surface area is 128 Å². The number of unbranched alkanes of at least 4 members (excludes halogenated alkanes) is 1. The number of fused-ring (bicyclic) bond motifs is 1. The number of hydrogen-bond acceptors (Lipinski definition) is 4. The molecular formula is C16H19N3OS. The summed E-state index contributed by atoms with van der Waals surface area (Å²) in [6.45, 7) is 3.05. The maximum atomic E-state index is 5.88. The first-order valence-electron chi connectivity index (χ1n) is 7.25. The average Bonchev–Trinajstić information content (AvgIpc) is 2.93. The summed E-state index contributed by atoms with van der Waals surface area (Å²) in [5, 5.41) is 8.57. The lowest BCUT2D eigenvalue weighted by atomic mass is 10.2. The van der Waals surface area contributed by atoms with Crippen LogP contribution in [0.15, 0.2) is 44.8 Å². The standard InChI is InChI=1S/C16H19N3OS/c1-3-4-9-17-16-19(2)18-13(11-21-16)15-10-12-7-5-6-8-14(12)20-15/h5-8,10H,3-4,9,11H2,1-2H3. The Hall–Kier alpha value is -1.75. The average molecular weight is 301 g/mol. The summed E-state index contributed by atoms with van der Waals surface area (Å²) >= 11 is 1.72. The van der Waals surface area contributed by atoms with E-state index < -0.39 is 0 Å². The summed E-state index contributed by atoms with van der Waals surface area (Å²) < 4.78 is 5.88. The Balaban J connectivity index is 1.81. The molecule has 1 aliphatic heterocycles. The lowest BCUT2D eigenvalue weighted by Crippen LogP contribution is -2.27. The molecule has 2 aromatic rings. The van der Waals surface area contributed by atoms with E-state index in [2.05, 4.69) is 29.2 Å². The van der Waals surface area contributed by atoms with E-state index in [1.807, 2.05) is 30.3 Å². The van der Waals surface area contributed by atoms with Gasteiger partial charge in [-0.2, -0.15) is 5.10 Å². The molecule has 0 saturated heterocycles. The van der Waals surface area contributed by atoms with E-state index in [-0.39, 0.29) is 0 Å². The molecule has 110 valence electrons. The molecule has 0 unspecified atom stereocenters. The molecule has 5 heteroatoms. The number of rotatable bonds is 4. The van der Waals surface area contributed by atoms with Crippen LogP contribution in [0, 0.1) is 0 Å². The number of para-hydroxylation sites is 1. The second-order valence-corrected chi connectivity index (χ2v) is 5.97. The summed E-state index contributed by atoms with van der Waals surface area (Å²) in [5.74, 6) is 1.65. The Morgan fingerprint density at radius 1 is 1.38 bits per heavy atom. The van der Waals surface area contributed by atoms with Crippen LogP contribution >= 0.6 is 11.8 Å². The molecule has 21 heavy (non-hydrogen) atoms. The highest BCUT2D eigenvalue weighted by atomic mass is 32.2. The number of amidine groups is 1. The van der Waals surface area contributed by atoms with Crippen molar-refractivity contribution < 1.29 is 4.42 Å². The van der Waals surface area contributed by atoms with Gasteiger partial charge in [-0.25, -0.2) is 5.01 Å². The van der Waals surface area contributed by atoms with Gasteiger partial charge in [0, 0.05) is 24.7 Å². The van der Waals surface area contributed by atoms with Gasteiger partial charge in [-0.15, -0.1) is 0 Å². The van der Waals surface area contributed by atoms with Crippen LogP contribution in [0.3, 0.4) is 0 Å². The third kappa shape index (κ3) is 3.13. The Bertz CT molecular complexity index is 657. The van der Waals surface area contributed by atoms with Crippen LogP contribution in [0.2, 0.25) is 0 Å². The van der Waals surface area contributed by atoms with Gasteiger partial charge in [0.05, 0.1) is 0 Å². The minimum absolute atomic E-state index is 0.801. The van der Waals surface area contributed by atoms with Crippen LogP contribution in [0.4, 0.5) is 0 Å². The first-order valence-corrected chi connectivity index (χ1v) is 8.24. The first-order chi connectivity index (χ1) is 10.3. The minimum atomic E-state index is 0.801. The Morgan fingerprint density at radius 3 is 3.00 bits per heavy atom. The number of aliphatic imine (C=N–C) groups is 1. The van der Waals surface area contributed by atoms with Crippen molar-refractivity contribution in [3.05, 3.63) is 36.1 Å². The Morgan fingerprint density at radius 2 is 2.24 bits per heavy atom. The minimum Gasteiger partial charge on any atom is -0.455 e. The monoisotopic (exact) mass is 301 g/mol. The van der Waals surface area contributed by atoms with Crippen LogP contribution in [0.25, 0.3) is 11.0 Å². The topological polar surface area (TPSA) is 41.1 Å². The van der Waals surface area contributed by atoms with Crippen molar-refractivity contribution in [2.45, 2.75) is 19.8 Å². The summed E-state index contributed by atoms with van der Waals surface area (Å²) in [6.07, 6.45) is 2.29. The second-order valence-electron chi connectivity index (χ2n) is 5.03. The van der Waals surface area contributed by atoms with E-state index in [0.29, 0.717) is 0 Å². The zero-order valence-corrected chi connectivity index (χ0v) is 13.2. The molecule has 3 rings (SSSR count). The molecule has 0 amide bonds. The van der Waals surface area contributed by atoms with Crippen molar-refractivity contribution in [3.8, 4) is 0 Å². The molecule has 1 aromatic carbocycles. The lowest BCUT2D eigenvalue weighted by molar-refractivity contribution is 0.540. The molecule has 2 heterocycles. The number of hydrazone groups is 1. The molecule has 0 radical (unpaired) electrons. The van der Waals surface area contributed by atoms with Gasteiger partial charge in [0.1, 0.15) is 11.3 Å². The molecule has 4 nitrogen and oxygen atoms in total. The fraction of sp³-hybridized carbons (Fsp3) is 0.375. The van der Waals surface area contributed by atoms with Crippen molar-refractivity contribution in [2.24, 2.45) is 10.1 Å². The maximum Gasteiger partial charge on any atom is 0.179 e. The van der Waals surface area contributed by atoms with Crippen molar-refractivity contribution in [1.82, 2.24) is 5.01 Å². The van der Waals surface area contributed by atoms with Gasteiger partial charge in [0.2, 0.25) is 0 Å². The van der Waals surface area contributed by atoms with Gasteiger partial charge < -0.3 is 4.42 Å². The molecule has 0 atom stereocenters. The Kier molecular flexibility index (Phi) is 4.29. The summed E-state index contributed by atoms with van der Waals surface area (Å²) in [5.41, 5.74) is 1.87. The highest BCUT2D eigenvalue weighted by Gasteiger charge is 2.20. The molecule has 0 spiro atoms. The van der Waals surface area contributed by atoms with Gasteiger partial charge in [0.15, 0.2) is 10.9 Å². The number of hydrogen-bond donors (Lipinski definition) is 0. The van der Waals surface area contributed by atoms with E-state index in [1.165, 1.54) is 6.42 Å². The second kappa shape index (κ2) is 6.35. The van der Waals surface area contributed by atoms with Crippen molar-refractivity contribution >= 4 is 33.6 Å². The molecule has 0 saturated carbocycles. The third-order valence-electron chi connectivity index (χ3n) is 3.35. The molecule has 0 aliphatic carbocycles. The predicted octanol–water partition coefficient (Wildman–Crippen LogP) is 3.97. The molecule has 0 bridgehead atoms.